The number of aromatic nitrogens is 1. The van der Waals surface area contributed by atoms with Gasteiger partial charge in [0, 0.05) is 11.0 Å². The molecular formula is C20H25N7O8S2. The van der Waals surface area contributed by atoms with Crippen LogP contribution in [-0.4, -0.2) is 80.6 Å². The molecule has 3 atom stereocenters. The predicted molar refractivity (Wildman–Crippen MR) is 133 cm³/mol. The lowest BCUT2D eigenvalue weighted by Gasteiger charge is -2.49. The van der Waals surface area contributed by atoms with Crippen molar-refractivity contribution in [2.45, 2.75) is 37.1 Å². The van der Waals surface area contributed by atoms with Gasteiger partial charge in [0.25, 0.3) is 0 Å². The van der Waals surface area contributed by atoms with Crippen LogP contribution in [0, 0.1) is 5.92 Å². The molecule has 0 aliphatic carbocycles. The van der Waals surface area contributed by atoms with Crippen molar-refractivity contribution in [1.82, 2.24) is 15.5 Å². The van der Waals surface area contributed by atoms with E-state index in [9.17, 15) is 24.3 Å². The molecule has 17 heteroatoms. The molecule has 0 spiro atoms. The van der Waals surface area contributed by atoms with Gasteiger partial charge in [-0.15, -0.1) is 23.1 Å². The number of hydrazone groups is 1. The van der Waals surface area contributed by atoms with E-state index < -0.39 is 58.2 Å². The van der Waals surface area contributed by atoms with Crippen LogP contribution in [0.3, 0.4) is 0 Å². The fourth-order valence-corrected chi connectivity index (χ4v) is 5.28. The number of carbonyl (C=O) groups excluding carboxylic acids is 3. The number of carboxylic acid groups (broad SMARTS) is 1. The predicted octanol–water partition coefficient (Wildman–Crippen LogP) is -0.352. The third-order valence-corrected chi connectivity index (χ3v) is 6.73. The number of nitrogens with two attached hydrogens (primary N) is 2. The molecule has 200 valence electrons. The zero-order valence-electron chi connectivity index (χ0n) is 20.2. The Bertz CT molecular complexity index is 1190. The molecule has 2 unspecified atom stereocenters. The number of fused-ring (bicyclic) bond motifs is 1. The number of nitrogens with zero attached hydrogens (tertiary/aromatic N) is 4. The number of ketones is 1. The summed E-state index contributed by atoms with van der Waals surface area (Å²) in [6.07, 6.45) is 1.06. The summed E-state index contributed by atoms with van der Waals surface area (Å²) in [5.74, 6) is -4.84. The first-order valence-electron chi connectivity index (χ1n) is 10.6. The number of carboxylic acids is 1. The Morgan fingerprint density at radius 2 is 2.05 bits per heavy atom. The fraction of sp³-hybridized carbons (Fsp3) is 0.450. The number of oxime groups is 1. The van der Waals surface area contributed by atoms with Gasteiger partial charge in [-0.3, -0.25) is 14.5 Å². The standard InChI is InChI=1S/C20H25N7O8S2/c1-20(2,3)35-10(28)6-34-26-23-5-8-13(18(31)32)27-16(30)11(17(27)37-15(8)21)14(29)12(25-33-4)9-7-36-19(22)24-9/h5,7,11,15,17,26H,6,21H2,1-4H3,(H2,22,24)(H,31,32)/b23-5?,25-12-/t11?,15?,17-/m1/s1. The van der Waals surface area contributed by atoms with Crippen LogP contribution in [0.25, 0.3) is 0 Å². The minimum absolute atomic E-state index is 0.0144. The molecule has 1 aromatic rings. The summed E-state index contributed by atoms with van der Waals surface area (Å²) in [5, 5.41) is 17.0. The zero-order valence-corrected chi connectivity index (χ0v) is 21.8. The molecule has 3 heterocycles. The van der Waals surface area contributed by atoms with Crippen LogP contribution in [0.4, 0.5) is 5.13 Å². The monoisotopic (exact) mass is 555 g/mol. The van der Waals surface area contributed by atoms with E-state index in [0.717, 1.165) is 34.2 Å². The summed E-state index contributed by atoms with van der Waals surface area (Å²) >= 11 is 2.06. The van der Waals surface area contributed by atoms with Crippen molar-refractivity contribution < 1.29 is 38.7 Å². The highest BCUT2D eigenvalue weighted by Gasteiger charge is 2.59. The second-order valence-electron chi connectivity index (χ2n) is 8.52. The lowest BCUT2D eigenvalue weighted by molar-refractivity contribution is -0.163. The SMILES string of the molecule is CO/N=C(\C(=O)C1C(=O)N2C(C(=O)O)=C(C=NNOCC(=O)OC(C)(C)C)C(N)S[C@H]12)c1csc(N)n1. The van der Waals surface area contributed by atoms with Crippen LogP contribution in [0.5, 0.6) is 0 Å². The average molecular weight is 556 g/mol. The van der Waals surface area contributed by atoms with Crippen LogP contribution in [0.15, 0.2) is 26.9 Å². The number of hydrogen-bond acceptors (Lipinski definition) is 15. The molecule has 37 heavy (non-hydrogen) atoms. The summed E-state index contributed by atoms with van der Waals surface area (Å²) in [6.45, 7) is 4.62. The number of rotatable bonds is 10. The number of anilines is 1. The Balaban J connectivity index is 1.76. The number of Topliss-reactive ketones (excluding diaryl/α,β-unsaturated/α-hetero) is 1. The van der Waals surface area contributed by atoms with E-state index in [4.69, 9.17) is 25.9 Å². The van der Waals surface area contributed by atoms with Crippen LogP contribution in [0.1, 0.15) is 26.5 Å². The van der Waals surface area contributed by atoms with Crippen molar-refractivity contribution in [3.8, 4) is 0 Å². The molecule has 2 aliphatic rings. The number of carbonyl (C=O) groups is 4. The number of amides is 1. The lowest BCUT2D eigenvalue weighted by Crippen LogP contribution is -2.66. The van der Waals surface area contributed by atoms with Gasteiger partial charge in [0.15, 0.2) is 17.5 Å². The third kappa shape index (κ3) is 6.24. The van der Waals surface area contributed by atoms with Gasteiger partial charge in [0.2, 0.25) is 11.7 Å². The number of nitrogens with one attached hydrogen (secondary N) is 1. The highest BCUT2D eigenvalue weighted by molar-refractivity contribution is 8.00. The van der Waals surface area contributed by atoms with E-state index in [1.165, 1.54) is 12.5 Å². The molecule has 1 fully saturated rings. The molecule has 2 aliphatic heterocycles. The van der Waals surface area contributed by atoms with E-state index in [0.29, 0.717) is 0 Å². The van der Waals surface area contributed by atoms with Gasteiger partial charge in [0.05, 0.1) is 11.6 Å². The maximum atomic E-state index is 13.2. The highest BCUT2D eigenvalue weighted by atomic mass is 32.2. The molecule has 15 nitrogen and oxygen atoms in total. The number of thiazole rings is 1. The first-order chi connectivity index (χ1) is 17.4. The van der Waals surface area contributed by atoms with Gasteiger partial charge in [-0.25, -0.2) is 19.4 Å². The lowest BCUT2D eigenvalue weighted by atomic mass is 9.88. The zero-order chi connectivity index (χ0) is 27.5. The number of esters is 1. The van der Waals surface area contributed by atoms with Crippen molar-refractivity contribution in [2.75, 3.05) is 19.5 Å². The molecule has 0 saturated carbocycles. The van der Waals surface area contributed by atoms with Crippen LogP contribution in [-0.2, 0) is 33.6 Å². The first-order valence-corrected chi connectivity index (χ1v) is 12.4. The van der Waals surface area contributed by atoms with E-state index in [1.807, 2.05) is 0 Å². The van der Waals surface area contributed by atoms with Crippen LogP contribution in [0.2, 0.25) is 0 Å². The molecule has 1 aromatic heterocycles. The van der Waals surface area contributed by atoms with Crippen molar-refractivity contribution in [3.05, 3.63) is 22.3 Å². The normalized spacial score (nSPS) is 22.0. The number of nitrogen functional groups attached to an aromatic ring is 1. The summed E-state index contributed by atoms with van der Waals surface area (Å²) in [5.41, 5.74) is 12.7. The Morgan fingerprint density at radius 1 is 1.35 bits per heavy atom. The Morgan fingerprint density at radius 3 is 2.62 bits per heavy atom. The van der Waals surface area contributed by atoms with Crippen molar-refractivity contribution in [2.24, 2.45) is 21.9 Å². The van der Waals surface area contributed by atoms with Gasteiger partial charge in [-0.1, -0.05) is 5.16 Å². The number of ether oxygens (including phenoxy) is 1. The van der Waals surface area contributed by atoms with E-state index in [2.05, 4.69) is 20.8 Å². The number of thioether (sulfide) groups is 1. The molecule has 1 amide bonds. The van der Waals surface area contributed by atoms with Crippen LogP contribution < -0.4 is 17.1 Å². The van der Waals surface area contributed by atoms with Gasteiger partial charge in [-0.05, 0) is 20.8 Å². The summed E-state index contributed by atoms with van der Waals surface area (Å²) in [4.78, 5) is 64.5. The minimum Gasteiger partial charge on any atom is -0.477 e. The second kappa shape index (κ2) is 11.2. The molecule has 1 saturated heterocycles. The van der Waals surface area contributed by atoms with Crippen LogP contribution >= 0.6 is 23.1 Å². The molecular weight excluding hydrogens is 530 g/mol. The third-order valence-electron chi connectivity index (χ3n) is 4.75. The maximum absolute atomic E-state index is 13.2. The van der Waals surface area contributed by atoms with Crippen molar-refractivity contribution in [1.29, 1.82) is 0 Å². The second-order valence-corrected chi connectivity index (χ2v) is 10.7. The molecule has 3 rings (SSSR count). The van der Waals surface area contributed by atoms with Gasteiger partial charge < -0.3 is 26.1 Å². The summed E-state index contributed by atoms with van der Waals surface area (Å²) in [7, 11) is 1.23. The largest absolute Gasteiger partial charge is 0.477 e. The number of β-lactam (4-membered cyclic amide) rings is 1. The Hall–Kier alpha value is -3.54. The Kier molecular flexibility index (Phi) is 8.52. The topological polar surface area (TPSA) is 221 Å². The molecule has 0 aromatic carbocycles. The van der Waals surface area contributed by atoms with Gasteiger partial charge >= 0.3 is 11.9 Å². The van der Waals surface area contributed by atoms with Crippen molar-refractivity contribution in [3.63, 3.8) is 0 Å². The summed E-state index contributed by atoms with van der Waals surface area (Å²) < 4.78 is 5.07. The first kappa shape index (κ1) is 28.0. The molecule has 0 bridgehead atoms. The van der Waals surface area contributed by atoms with E-state index in [-0.39, 0.29) is 22.1 Å². The summed E-state index contributed by atoms with van der Waals surface area (Å²) in [6, 6.07) is 0. The average Bonchev–Trinajstić information content (AvgIpc) is 3.22. The van der Waals surface area contributed by atoms with E-state index in [1.54, 1.807) is 20.8 Å². The Labute approximate surface area is 218 Å². The quantitative estimate of drug-likeness (QED) is 0.0724. The fourth-order valence-electron chi connectivity index (χ4n) is 3.39. The number of hydrogen-bond donors (Lipinski definition) is 4. The van der Waals surface area contributed by atoms with E-state index >= 15 is 0 Å². The van der Waals surface area contributed by atoms with Gasteiger partial charge in [0.1, 0.15) is 35.4 Å². The number of aliphatic carboxylic acids is 1. The van der Waals surface area contributed by atoms with Crippen molar-refractivity contribution >= 4 is 63.8 Å². The highest BCUT2D eigenvalue weighted by Crippen LogP contribution is 2.46. The van der Waals surface area contributed by atoms with Gasteiger partial charge in [-0.2, -0.15) is 10.7 Å². The minimum atomic E-state index is -1.45. The maximum Gasteiger partial charge on any atom is 0.353 e. The smallest absolute Gasteiger partial charge is 0.353 e. The molecule has 0 radical (unpaired) electrons. The molecule has 6 N–H and O–H groups in total.